The van der Waals surface area contributed by atoms with Gasteiger partial charge in [-0.1, -0.05) is 91.0 Å². The van der Waals surface area contributed by atoms with E-state index in [0.29, 0.717) is 11.8 Å². The molecule has 56 heavy (non-hydrogen) atoms. The second-order valence-corrected chi connectivity index (χ2v) is 14.0. The van der Waals surface area contributed by atoms with Gasteiger partial charge in [-0.25, -0.2) is 15.0 Å². The van der Waals surface area contributed by atoms with Crippen molar-refractivity contribution in [1.82, 2.24) is 19.9 Å². The Hall–Kier alpha value is -7.44. The molecular weight excluding hydrogens is 689 g/mol. The molecule has 0 N–H and O–H groups in total. The molecule has 4 heterocycles. The van der Waals surface area contributed by atoms with Gasteiger partial charge in [0.25, 0.3) is 0 Å². The summed E-state index contributed by atoms with van der Waals surface area (Å²) in [4.78, 5) is 19.2. The van der Waals surface area contributed by atoms with Crippen LogP contribution in [0.2, 0.25) is 0 Å². The van der Waals surface area contributed by atoms with Crippen molar-refractivity contribution >= 4 is 22.2 Å². The molecule has 0 radical (unpaired) electrons. The molecule has 266 valence electrons. The van der Waals surface area contributed by atoms with Gasteiger partial charge in [-0.15, -0.1) is 0 Å². The highest BCUT2D eigenvalue weighted by atomic mass is 16.4. The number of hydrogen-bond acceptors (Lipinski definition) is 6. The Morgan fingerprint density at radius 3 is 1.50 bits per heavy atom. The molecular formula is C50H34N4O2. The smallest absolute Gasteiger partial charge is 0.227 e. The van der Waals surface area contributed by atoms with E-state index in [1.54, 1.807) is 6.20 Å². The lowest BCUT2D eigenvalue weighted by Crippen LogP contribution is -1.94. The second-order valence-electron chi connectivity index (χ2n) is 14.0. The minimum absolute atomic E-state index is 0.618. The van der Waals surface area contributed by atoms with Gasteiger partial charge in [0.1, 0.15) is 11.0 Å². The van der Waals surface area contributed by atoms with Crippen LogP contribution in [0.4, 0.5) is 0 Å². The van der Waals surface area contributed by atoms with Crippen LogP contribution in [-0.4, -0.2) is 19.9 Å². The van der Waals surface area contributed by atoms with Crippen molar-refractivity contribution in [3.05, 3.63) is 181 Å². The van der Waals surface area contributed by atoms with Gasteiger partial charge in [0, 0.05) is 28.5 Å². The number of oxazole rings is 2. The van der Waals surface area contributed by atoms with E-state index in [2.05, 4.69) is 145 Å². The molecule has 0 saturated carbocycles. The van der Waals surface area contributed by atoms with Crippen LogP contribution in [0.25, 0.3) is 101 Å². The van der Waals surface area contributed by atoms with Crippen molar-refractivity contribution in [3.63, 3.8) is 0 Å². The quantitative estimate of drug-likeness (QED) is 0.163. The lowest BCUT2D eigenvalue weighted by molar-refractivity contribution is 0.619. The van der Waals surface area contributed by atoms with Crippen LogP contribution < -0.4 is 0 Å². The average molecular weight is 723 g/mol. The summed E-state index contributed by atoms with van der Waals surface area (Å²) in [5, 5.41) is 0. The molecule has 4 aromatic heterocycles. The van der Waals surface area contributed by atoms with Crippen LogP contribution >= 0.6 is 0 Å². The zero-order chi connectivity index (χ0) is 37.6. The molecule has 0 aliphatic rings. The predicted molar refractivity (Wildman–Crippen MR) is 225 cm³/mol. The fraction of sp³-hybridized carbons (Fsp3) is 0.0400. The average Bonchev–Trinajstić information content (AvgIpc) is 3.89. The Morgan fingerprint density at radius 2 is 0.893 bits per heavy atom. The fourth-order valence-corrected chi connectivity index (χ4v) is 7.14. The molecule has 0 unspecified atom stereocenters. The van der Waals surface area contributed by atoms with Gasteiger partial charge in [0.05, 0.1) is 17.1 Å². The maximum Gasteiger partial charge on any atom is 0.227 e. The third-order valence-corrected chi connectivity index (χ3v) is 10.4. The Labute approximate surface area is 323 Å². The molecule has 0 aliphatic carbocycles. The van der Waals surface area contributed by atoms with Crippen LogP contribution in [0.15, 0.2) is 179 Å². The summed E-state index contributed by atoms with van der Waals surface area (Å²) in [7, 11) is 0. The molecule has 0 aliphatic heterocycles. The van der Waals surface area contributed by atoms with Crippen LogP contribution in [0.1, 0.15) is 11.1 Å². The number of aryl methyl sites for hydroxylation is 2. The first-order valence-corrected chi connectivity index (χ1v) is 18.6. The van der Waals surface area contributed by atoms with E-state index < -0.39 is 0 Å². The molecule has 0 bridgehead atoms. The zero-order valence-corrected chi connectivity index (χ0v) is 30.8. The van der Waals surface area contributed by atoms with E-state index in [4.69, 9.17) is 18.8 Å². The first-order valence-electron chi connectivity index (χ1n) is 18.6. The van der Waals surface area contributed by atoms with E-state index in [1.807, 2.05) is 42.5 Å². The van der Waals surface area contributed by atoms with Gasteiger partial charge < -0.3 is 8.83 Å². The van der Waals surface area contributed by atoms with Gasteiger partial charge in [-0.3, -0.25) is 4.98 Å². The summed E-state index contributed by atoms with van der Waals surface area (Å²) >= 11 is 0. The van der Waals surface area contributed by atoms with Gasteiger partial charge in [-0.2, -0.15) is 0 Å². The molecule has 0 amide bonds. The van der Waals surface area contributed by atoms with Crippen molar-refractivity contribution in [1.29, 1.82) is 0 Å². The molecule has 0 fully saturated rings. The van der Waals surface area contributed by atoms with Crippen LogP contribution in [0.5, 0.6) is 0 Å². The Balaban J connectivity index is 0.937. The Kier molecular flexibility index (Phi) is 8.15. The number of rotatable bonds is 7. The number of nitrogens with zero attached hydrogens (tertiary/aromatic N) is 4. The minimum Gasteiger partial charge on any atom is -0.436 e. The molecule has 0 spiro atoms. The first kappa shape index (κ1) is 33.2. The molecule has 10 rings (SSSR count). The topological polar surface area (TPSA) is 77.8 Å². The molecule has 0 atom stereocenters. The maximum absolute atomic E-state index is 6.12. The van der Waals surface area contributed by atoms with E-state index >= 15 is 0 Å². The van der Waals surface area contributed by atoms with Gasteiger partial charge in [-0.05, 0) is 126 Å². The molecule has 6 aromatic carbocycles. The van der Waals surface area contributed by atoms with Crippen molar-refractivity contribution in [2.75, 3.05) is 0 Å². The predicted octanol–water partition coefficient (Wildman–Crippen LogP) is 13.0. The largest absolute Gasteiger partial charge is 0.436 e. The number of para-hydroxylation sites is 2. The maximum atomic E-state index is 6.12. The molecule has 10 aromatic rings. The van der Waals surface area contributed by atoms with E-state index in [0.717, 1.165) is 89.4 Å². The molecule has 6 heteroatoms. The van der Waals surface area contributed by atoms with Crippen molar-refractivity contribution in [2.24, 2.45) is 0 Å². The van der Waals surface area contributed by atoms with Gasteiger partial charge >= 0.3 is 0 Å². The number of fused-ring (bicyclic) bond motifs is 2. The summed E-state index contributed by atoms with van der Waals surface area (Å²) in [5.41, 5.74) is 17.8. The Bertz CT molecular complexity index is 2930. The summed E-state index contributed by atoms with van der Waals surface area (Å²) < 4.78 is 12.1. The number of pyridine rings is 2. The minimum atomic E-state index is 0.618. The third-order valence-electron chi connectivity index (χ3n) is 10.4. The van der Waals surface area contributed by atoms with Crippen molar-refractivity contribution in [2.45, 2.75) is 13.8 Å². The fourth-order valence-electron chi connectivity index (χ4n) is 7.14. The van der Waals surface area contributed by atoms with Crippen molar-refractivity contribution in [3.8, 4) is 78.9 Å². The van der Waals surface area contributed by atoms with Crippen molar-refractivity contribution < 1.29 is 8.83 Å². The van der Waals surface area contributed by atoms with E-state index in [-0.39, 0.29) is 0 Å². The summed E-state index contributed by atoms with van der Waals surface area (Å²) in [6.07, 6.45) is 1.80. The standard InChI is InChI=1S/C50H34N4O2/c1-31-29-45-47(30-32(31)2)56-50(54-45)40-24-16-35(17-25-40)33-10-18-37(19-11-33)41-26-27-43(42-7-5-6-28-51-42)52-48(41)38-20-12-34(13-21-38)36-14-22-39(23-15-36)49-53-44-8-3-4-9-46(44)55-49/h3-30H,1-2H3. The lowest BCUT2D eigenvalue weighted by Gasteiger charge is -2.13. The van der Waals surface area contributed by atoms with E-state index in [1.165, 1.54) is 11.1 Å². The highest BCUT2D eigenvalue weighted by Gasteiger charge is 2.15. The Morgan fingerprint density at radius 1 is 0.375 bits per heavy atom. The SMILES string of the molecule is Cc1cc2nc(-c3ccc(-c4ccc(-c5ccc(-c6ccccn6)nc5-c5ccc(-c6ccc(-c7nc8ccccc8o7)cc6)cc5)cc4)cc3)oc2cc1C. The molecule has 0 saturated heterocycles. The van der Waals surface area contributed by atoms with Crippen LogP contribution in [0.3, 0.4) is 0 Å². The number of aromatic nitrogens is 4. The van der Waals surface area contributed by atoms with Gasteiger partial charge in [0.15, 0.2) is 11.2 Å². The normalized spacial score (nSPS) is 11.4. The summed E-state index contributed by atoms with van der Waals surface area (Å²) in [5.74, 6) is 1.25. The van der Waals surface area contributed by atoms with Crippen LogP contribution in [0, 0.1) is 13.8 Å². The monoisotopic (exact) mass is 722 g/mol. The summed E-state index contributed by atoms with van der Waals surface area (Å²) in [6, 6.07) is 56.0. The highest BCUT2D eigenvalue weighted by Crippen LogP contribution is 2.36. The first-order chi connectivity index (χ1) is 27.5. The van der Waals surface area contributed by atoms with Gasteiger partial charge in [0.2, 0.25) is 11.8 Å². The summed E-state index contributed by atoms with van der Waals surface area (Å²) in [6.45, 7) is 4.19. The second kappa shape index (κ2) is 13.8. The highest BCUT2D eigenvalue weighted by molar-refractivity contribution is 5.85. The zero-order valence-electron chi connectivity index (χ0n) is 30.8. The number of hydrogen-bond donors (Lipinski definition) is 0. The number of benzene rings is 6. The lowest BCUT2D eigenvalue weighted by atomic mass is 9.95. The van der Waals surface area contributed by atoms with E-state index in [9.17, 15) is 0 Å². The third kappa shape index (κ3) is 6.23. The molecule has 6 nitrogen and oxygen atoms in total. The van der Waals surface area contributed by atoms with Crippen LogP contribution in [-0.2, 0) is 0 Å².